The first-order chi connectivity index (χ1) is 36.3. The minimum absolute atomic E-state index is 0.00358. The van der Waals surface area contributed by atoms with Crippen LogP contribution in [-0.4, -0.2) is 69.3 Å². The van der Waals surface area contributed by atoms with Gasteiger partial charge in [0, 0.05) is 16.5 Å². The highest BCUT2D eigenvalue weighted by Crippen LogP contribution is 2.49. The van der Waals surface area contributed by atoms with Gasteiger partial charge in [-0.3, -0.25) is 18.4 Å². The molecule has 0 aliphatic rings. The highest BCUT2D eigenvalue weighted by molar-refractivity contribution is 7.94. The summed E-state index contributed by atoms with van der Waals surface area (Å²) in [6, 6.07) is 21.4. The second kappa shape index (κ2) is 21.4. The SMILES string of the molecule is C=CS(=O)(=O)c1ccc(/N=N/c2c(N)c(/N=N/c3ccc(NS(=O)(=O)c4ccc(/N=N/c5c(S(=O)(=O)O)cc6cc(S(=O)(=O)O)c(/N=N/c7ccc(S(=O)(=O)C=C)cc7)c(N)c6c5O)cc4)cc3)cc(S(=O)(=O)O)c2N)cc1. The first-order valence-corrected chi connectivity index (χ1v) is 29.9. The smallest absolute Gasteiger partial charge is 0.296 e. The van der Waals surface area contributed by atoms with Crippen molar-refractivity contribution in [1.82, 2.24) is 0 Å². The van der Waals surface area contributed by atoms with Crippen LogP contribution in [0.25, 0.3) is 10.8 Å². The summed E-state index contributed by atoms with van der Waals surface area (Å²) in [6.45, 7) is 6.48. The van der Waals surface area contributed by atoms with Crippen LogP contribution >= 0.6 is 0 Å². The number of nitrogen functional groups attached to an aromatic ring is 3. The van der Waals surface area contributed by atoms with E-state index >= 15 is 0 Å². The van der Waals surface area contributed by atoms with Crippen LogP contribution in [0.2, 0.25) is 0 Å². The molecule has 0 aliphatic heterocycles. The van der Waals surface area contributed by atoms with E-state index in [0.717, 1.165) is 47.9 Å². The maximum absolute atomic E-state index is 13.4. The molecule has 0 amide bonds. The van der Waals surface area contributed by atoms with Gasteiger partial charge in [0.2, 0.25) is 0 Å². The standard InChI is InChI=1S/C44H36N12O16S6/c1-3-73(58,59)30-15-9-26(10-16-30)49-53-41-35(77(67,68)69)21-24-22-36(78(70,71)72)42(44(57)37(24)40(41)47)54-50-28-13-19-32(20-14-28)75(62,63)56-29-7-5-25(6-8-29)48-52-33-23-34(76(64,65)66)39(46)43(38(33)45)55-51-27-11-17-31(18-12-27)74(60,61)4-2/h3-23,56-57H,1-2,45-47H2,(H,64,65,66)(H,67,68,69)(H,70,71,72)/b52-48+,53-49+,54-50+,55-51+. The Morgan fingerprint density at radius 2 is 0.795 bits per heavy atom. The number of phenolic OH excluding ortho intramolecular Hbond substituents is 1. The molecule has 0 aromatic heterocycles. The minimum atomic E-state index is -5.30. The molecular formula is C44H36N12O16S6. The van der Waals surface area contributed by atoms with Gasteiger partial charge in [0.05, 0.1) is 59.9 Å². The summed E-state index contributed by atoms with van der Waals surface area (Å²) < 4.78 is 182. The summed E-state index contributed by atoms with van der Waals surface area (Å²) in [7, 11) is -27.5. The third kappa shape index (κ3) is 12.4. The van der Waals surface area contributed by atoms with Crippen molar-refractivity contribution in [3.8, 4) is 5.75 Å². The van der Waals surface area contributed by atoms with Crippen LogP contribution in [0, 0.1) is 0 Å². The second-order valence-electron chi connectivity index (χ2n) is 15.7. The summed E-state index contributed by atoms with van der Waals surface area (Å²) in [6.07, 6.45) is 0. The number of rotatable bonds is 18. The molecule has 0 saturated heterocycles. The van der Waals surface area contributed by atoms with E-state index in [9.17, 15) is 69.3 Å². The first kappa shape index (κ1) is 57.0. The lowest BCUT2D eigenvalue weighted by Gasteiger charge is -2.14. The molecular weight excluding hydrogens is 1140 g/mol. The van der Waals surface area contributed by atoms with Gasteiger partial charge in [0.25, 0.3) is 40.4 Å². The van der Waals surface area contributed by atoms with Crippen molar-refractivity contribution in [1.29, 1.82) is 0 Å². The fourth-order valence-corrected chi connectivity index (χ4v) is 11.1. The number of nitrogens with one attached hydrogen (secondary N) is 1. The van der Waals surface area contributed by atoms with Crippen LogP contribution in [0.4, 0.5) is 68.2 Å². The van der Waals surface area contributed by atoms with Gasteiger partial charge in [-0.2, -0.15) is 45.7 Å². The van der Waals surface area contributed by atoms with Crippen molar-refractivity contribution >= 4 is 139 Å². The number of nitrogens with zero attached hydrogens (tertiary/aromatic N) is 8. The second-order valence-corrected chi connectivity index (χ2v) is 25.3. The molecule has 0 unspecified atom stereocenters. The summed E-state index contributed by atoms with van der Waals surface area (Å²) in [5.41, 5.74) is 14.3. The summed E-state index contributed by atoms with van der Waals surface area (Å²) in [5, 5.41) is 42.9. The third-order valence-electron chi connectivity index (χ3n) is 10.6. The van der Waals surface area contributed by atoms with Gasteiger partial charge in [-0.1, -0.05) is 13.2 Å². The molecule has 404 valence electrons. The van der Waals surface area contributed by atoms with Crippen LogP contribution in [0.5, 0.6) is 5.75 Å². The van der Waals surface area contributed by atoms with E-state index in [0.29, 0.717) is 17.5 Å². The van der Waals surface area contributed by atoms with Gasteiger partial charge in [0.1, 0.15) is 37.4 Å². The number of fused-ring (bicyclic) bond motifs is 1. The number of phenols is 1. The number of aromatic hydroxyl groups is 1. The van der Waals surface area contributed by atoms with Crippen LogP contribution in [0.1, 0.15) is 0 Å². The van der Waals surface area contributed by atoms with Crippen molar-refractivity contribution in [2.75, 3.05) is 21.9 Å². The van der Waals surface area contributed by atoms with Gasteiger partial charge in [0.15, 0.2) is 25.4 Å². The molecule has 7 rings (SSSR count). The zero-order valence-corrected chi connectivity index (χ0v) is 43.9. The van der Waals surface area contributed by atoms with E-state index in [2.05, 4.69) is 58.8 Å². The Morgan fingerprint density at radius 3 is 1.22 bits per heavy atom. The Labute approximate surface area is 443 Å². The molecule has 0 fully saturated rings. The monoisotopic (exact) mass is 1180 g/mol. The topological polar surface area (TPSA) is 475 Å². The highest BCUT2D eigenvalue weighted by Gasteiger charge is 2.29. The van der Waals surface area contributed by atoms with Crippen LogP contribution < -0.4 is 21.9 Å². The summed E-state index contributed by atoms with van der Waals surface area (Å²) in [4.78, 5) is -3.57. The molecule has 0 aliphatic carbocycles. The van der Waals surface area contributed by atoms with Crippen molar-refractivity contribution in [3.63, 3.8) is 0 Å². The van der Waals surface area contributed by atoms with Gasteiger partial charge in [-0.25, -0.2) is 25.3 Å². The molecule has 0 heterocycles. The average molecular weight is 1180 g/mol. The average Bonchev–Trinajstić information content (AvgIpc) is 3.47. The van der Waals surface area contributed by atoms with Crippen molar-refractivity contribution in [2.24, 2.45) is 40.9 Å². The largest absolute Gasteiger partial charge is 0.505 e. The van der Waals surface area contributed by atoms with Gasteiger partial charge in [-0.15, -0.1) is 20.5 Å². The van der Waals surface area contributed by atoms with E-state index in [1.807, 2.05) is 0 Å². The maximum atomic E-state index is 13.4. The normalized spacial score (nSPS) is 13.0. The Kier molecular flexibility index (Phi) is 15.6. The molecule has 34 heteroatoms. The van der Waals surface area contributed by atoms with Crippen LogP contribution in [0.3, 0.4) is 0 Å². The van der Waals surface area contributed by atoms with E-state index < -0.39 is 120 Å². The Morgan fingerprint density at radius 1 is 0.423 bits per heavy atom. The predicted molar refractivity (Wildman–Crippen MR) is 283 cm³/mol. The highest BCUT2D eigenvalue weighted by atomic mass is 32.2. The maximum Gasteiger partial charge on any atom is 0.296 e. The summed E-state index contributed by atoms with van der Waals surface area (Å²) in [5.74, 6) is -1.09. The van der Waals surface area contributed by atoms with Crippen LogP contribution in [-0.2, 0) is 60.1 Å². The number of azo groups is 4. The third-order valence-corrected chi connectivity index (χ3v) is 17.3. The molecule has 0 saturated carbocycles. The lowest BCUT2D eigenvalue weighted by Crippen LogP contribution is -2.12. The molecule has 78 heavy (non-hydrogen) atoms. The van der Waals surface area contributed by atoms with Gasteiger partial charge < -0.3 is 22.3 Å². The predicted octanol–water partition coefficient (Wildman–Crippen LogP) is 9.33. The van der Waals surface area contributed by atoms with Crippen molar-refractivity contribution in [3.05, 3.63) is 139 Å². The first-order valence-electron chi connectivity index (χ1n) is 21.0. The molecule has 0 radical (unpaired) electrons. The molecule has 0 spiro atoms. The molecule has 7 aromatic carbocycles. The number of benzene rings is 7. The number of anilines is 4. The number of sulfonamides is 1. The van der Waals surface area contributed by atoms with Crippen molar-refractivity contribution < 1.29 is 69.3 Å². The van der Waals surface area contributed by atoms with Gasteiger partial charge in [-0.05, 0) is 121 Å². The van der Waals surface area contributed by atoms with Crippen LogP contribution in [0.15, 0.2) is 210 Å². The fourth-order valence-electron chi connectivity index (χ4n) is 6.71. The number of sulfone groups is 2. The Hall–Kier alpha value is -8.74. The molecule has 28 nitrogen and oxygen atoms in total. The van der Waals surface area contributed by atoms with E-state index in [1.54, 1.807) is 0 Å². The fraction of sp³-hybridized carbons (Fsp3) is 0. The lowest BCUT2D eigenvalue weighted by atomic mass is 10.1. The summed E-state index contributed by atoms with van der Waals surface area (Å²) >= 11 is 0. The Bertz CT molecular complexity index is 4470. The van der Waals surface area contributed by atoms with Gasteiger partial charge >= 0.3 is 0 Å². The minimum Gasteiger partial charge on any atom is -0.505 e. The van der Waals surface area contributed by atoms with E-state index in [1.165, 1.54) is 60.7 Å². The van der Waals surface area contributed by atoms with Crippen molar-refractivity contribution in [2.45, 2.75) is 29.4 Å². The number of nitrogens with two attached hydrogens (primary N) is 3. The lowest BCUT2D eigenvalue weighted by molar-refractivity contribution is 0.472. The zero-order valence-electron chi connectivity index (χ0n) is 39.0. The molecule has 11 N–H and O–H groups in total. The van der Waals surface area contributed by atoms with E-state index in [-0.39, 0.29) is 54.5 Å². The number of hydrogen-bond donors (Lipinski definition) is 8. The van der Waals surface area contributed by atoms with E-state index in [4.69, 9.17) is 17.2 Å². The molecule has 0 bridgehead atoms. The zero-order chi connectivity index (χ0) is 57.3. The quantitative estimate of drug-likeness (QED) is 0.0225. The molecule has 0 atom stereocenters. The Balaban J connectivity index is 1.12. The molecule has 7 aromatic rings. The number of hydrogen-bond acceptors (Lipinski definition) is 24.